The Labute approximate surface area is 127 Å². The average Bonchev–Trinajstić information content (AvgIpc) is 2.53. The summed E-state index contributed by atoms with van der Waals surface area (Å²) in [6, 6.07) is 17.1. The molecule has 0 heterocycles. The van der Waals surface area contributed by atoms with Crippen molar-refractivity contribution in [1.82, 2.24) is 5.32 Å². The molecule has 0 radical (unpaired) electrons. The highest BCUT2D eigenvalue weighted by molar-refractivity contribution is 5.46. The van der Waals surface area contributed by atoms with Crippen molar-refractivity contribution >= 4 is 5.69 Å². The normalized spacial score (nSPS) is 12.0. The smallest absolute Gasteiger partial charge is 0.119 e. The summed E-state index contributed by atoms with van der Waals surface area (Å²) >= 11 is 0. The fraction of sp³-hybridized carbons (Fsp3) is 0.333. The highest BCUT2D eigenvalue weighted by atomic mass is 16.5. The second-order valence-electron chi connectivity index (χ2n) is 5.44. The predicted molar refractivity (Wildman–Crippen MR) is 89.0 cm³/mol. The number of anilines is 1. The molecule has 0 aliphatic carbocycles. The Morgan fingerprint density at radius 2 is 1.81 bits per heavy atom. The van der Waals surface area contributed by atoms with Crippen LogP contribution < -0.4 is 15.0 Å². The van der Waals surface area contributed by atoms with Gasteiger partial charge in [0.2, 0.25) is 0 Å². The minimum absolute atomic E-state index is 0.286. The first-order chi connectivity index (χ1) is 10.1. The second kappa shape index (κ2) is 7.14. The molecule has 112 valence electrons. The Morgan fingerprint density at radius 3 is 2.43 bits per heavy atom. The van der Waals surface area contributed by atoms with E-state index in [2.05, 4.69) is 67.6 Å². The third-order valence-corrected chi connectivity index (χ3v) is 3.66. The zero-order chi connectivity index (χ0) is 15.2. The largest absolute Gasteiger partial charge is 0.497 e. The molecule has 3 heteroatoms. The van der Waals surface area contributed by atoms with Gasteiger partial charge < -0.3 is 15.0 Å². The first-order valence-corrected chi connectivity index (χ1v) is 7.23. The Bertz CT molecular complexity index is 564. The first-order valence-electron chi connectivity index (χ1n) is 7.23. The van der Waals surface area contributed by atoms with Crippen LogP contribution in [0, 0.1) is 0 Å². The molecule has 0 aromatic heterocycles. The summed E-state index contributed by atoms with van der Waals surface area (Å²) in [4.78, 5) is 2.11. The van der Waals surface area contributed by atoms with E-state index in [1.54, 1.807) is 7.11 Å². The van der Waals surface area contributed by atoms with Crippen molar-refractivity contribution in [2.45, 2.75) is 19.5 Å². The summed E-state index contributed by atoms with van der Waals surface area (Å²) in [5, 5.41) is 3.55. The summed E-state index contributed by atoms with van der Waals surface area (Å²) in [5.74, 6) is 0.900. The van der Waals surface area contributed by atoms with Crippen molar-refractivity contribution in [2.75, 3.05) is 26.1 Å². The third kappa shape index (κ3) is 4.23. The fourth-order valence-corrected chi connectivity index (χ4v) is 2.21. The van der Waals surface area contributed by atoms with Crippen LogP contribution in [0.2, 0.25) is 0 Å². The minimum Gasteiger partial charge on any atom is -0.497 e. The minimum atomic E-state index is 0.286. The number of ether oxygens (including phenoxy) is 1. The van der Waals surface area contributed by atoms with Crippen LogP contribution in [-0.4, -0.2) is 21.2 Å². The Hall–Kier alpha value is -2.00. The van der Waals surface area contributed by atoms with Crippen LogP contribution in [0.1, 0.15) is 24.1 Å². The monoisotopic (exact) mass is 284 g/mol. The molecule has 0 fully saturated rings. The first kappa shape index (κ1) is 15.4. The molecule has 0 aliphatic rings. The summed E-state index contributed by atoms with van der Waals surface area (Å²) in [5.41, 5.74) is 3.74. The van der Waals surface area contributed by atoms with E-state index in [4.69, 9.17) is 4.74 Å². The van der Waals surface area contributed by atoms with Gasteiger partial charge in [0.1, 0.15) is 5.75 Å². The van der Waals surface area contributed by atoms with Gasteiger partial charge in [-0.15, -0.1) is 0 Å². The molecule has 0 saturated heterocycles. The topological polar surface area (TPSA) is 24.5 Å². The molecule has 1 atom stereocenters. The maximum atomic E-state index is 5.27. The van der Waals surface area contributed by atoms with E-state index < -0.39 is 0 Å². The number of methoxy groups -OCH3 is 1. The van der Waals surface area contributed by atoms with Gasteiger partial charge >= 0.3 is 0 Å². The summed E-state index contributed by atoms with van der Waals surface area (Å²) in [6.45, 7) is 3.02. The number of hydrogen-bond acceptors (Lipinski definition) is 3. The number of nitrogens with one attached hydrogen (secondary N) is 1. The molecule has 2 aromatic carbocycles. The van der Waals surface area contributed by atoms with Crippen LogP contribution in [0.25, 0.3) is 0 Å². The van der Waals surface area contributed by atoms with Gasteiger partial charge in [0, 0.05) is 32.4 Å². The summed E-state index contributed by atoms with van der Waals surface area (Å²) in [7, 11) is 5.81. The van der Waals surface area contributed by atoms with E-state index in [1.165, 1.54) is 16.8 Å². The third-order valence-electron chi connectivity index (χ3n) is 3.66. The molecule has 0 saturated carbocycles. The Balaban J connectivity index is 1.95. The highest BCUT2D eigenvalue weighted by Crippen LogP contribution is 2.19. The van der Waals surface area contributed by atoms with Crippen molar-refractivity contribution in [3.05, 3.63) is 59.7 Å². The summed E-state index contributed by atoms with van der Waals surface area (Å²) < 4.78 is 5.27. The number of rotatable bonds is 6. The van der Waals surface area contributed by atoms with Crippen molar-refractivity contribution in [3.8, 4) is 5.75 Å². The molecule has 3 nitrogen and oxygen atoms in total. The van der Waals surface area contributed by atoms with E-state index in [9.17, 15) is 0 Å². The maximum absolute atomic E-state index is 5.27. The van der Waals surface area contributed by atoms with Crippen LogP contribution >= 0.6 is 0 Å². The van der Waals surface area contributed by atoms with Crippen molar-refractivity contribution in [3.63, 3.8) is 0 Å². The van der Waals surface area contributed by atoms with E-state index >= 15 is 0 Å². The second-order valence-corrected chi connectivity index (χ2v) is 5.44. The van der Waals surface area contributed by atoms with E-state index in [0.717, 1.165) is 12.3 Å². The SMILES string of the molecule is COc1cccc(C(C)NCc2ccc(N(C)C)cc2)c1. The molecule has 0 spiro atoms. The number of benzene rings is 2. The van der Waals surface area contributed by atoms with Crippen molar-refractivity contribution in [2.24, 2.45) is 0 Å². The van der Waals surface area contributed by atoms with Crippen LogP contribution in [-0.2, 0) is 6.54 Å². The van der Waals surface area contributed by atoms with Gasteiger partial charge in [-0.05, 0) is 42.3 Å². The van der Waals surface area contributed by atoms with Crippen LogP contribution in [0.3, 0.4) is 0 Å². The van der Waals surface area contributed by atoms with Gasteiger partial charge in [0.25, 0.3) is 0 Å². The van der Waals surface area contributed by atoms with E-state index in [1.807, 2.05) is 12.1 Å². The molecule has 1 N–H and O–H groups in total. The highest BCUT2D eigenvalue weighted by Gasteiger charge is 2.06. The van der Waals surface area contributed by atoms with Gasteiger partial charge in [-0.3, -0.25) is 0 Å². The number of hydrogen-bond donors (Lipinski definition) is 1. The fourth-order valence-electron chi connectivity index (χ4n) is 2.21. The predicted octanol–water partition coefficient (Wildman–Crippen LogP) is 3.61. The van der Waals surface area contributed by atoms with Crippen molar-refractivity contribution < 1.29 is 4.74 Å². The lowest BCUT2D eigenvalue weighted by molar-refractivity contribution is 0.413. The van der Waals surface area contributed by atoms with E-state index in [-0.39, 0.29) is 6.04 Å². The van der Waals surface area contributed by atoms with Gasteiger partial charge in [-0.2, -0.15) is 0 Å². The van der Waals surface area contributed by atoms with Gasteiger partial charge in [0.05, 0.1) is 7.11 Å². The molecule has 0 aliphatic heterocycles. The lowest BCUT2D eigenvalue weighted by Crippen LogP contribution is -2.18. The lowest BCUT2D eigenvalue weighted by atomic mass is 10.1. The van der Waals surface area contributed by atoms with Gasteiger partial charge in [-0.25, -0.2) is 0 Å². The Morgan fingerprint density at radius 1 is 1.10 bits per heavy atom. The quantitative estimate of drug-likeness (QED) is 0.877. The molecular formula is C18H24N2O. The number of nitrogens with zero attached hydrogens (tertiary/aromatic N) is 1. The summed E-state index contributed by atoms with van der Waals surface area (Å²) in [6.07, 6.45) is 0. The van der Waals surface area contributed by atoms with Crippen LogP contribution in [0.15, 0.2) is 48.5 Å². The maximum Gasteiger partial charge on any atom is 0.119 e. The van der Waals surface area contributed by atoms with Gasteiger partial charge in [0.15, 0.2) is 0 Å². The lowest BCUT2D eigenvalue weighted by Gasteiger charge is -2.16. The zero-order valence-corrected chi connectivity index (χ0v) is 13.3. The molecular weight excluding hydrogens is 260 g/mol. The molecule has 21 heavy (non-hydrogen) atoms. The van der Waals surface area contributed by atoms with Crippen molar-refractivity contribution in [1.29, 1.82) is 0 Å². The standard InChI is InChI=1S/C18H24N2O/c1-14(16-6-5-7-18(12-16)21-4)19-13-15-8-10-17(11-9-15)20(2)3/h5-12,14,19H,13H2,1-4H3. The zero-order valence-electron chi connectivity index (χ0n) is 13.3. The molecule has 2 aromatic rings. The van der Waals surface area contributed by atoms with Crippen LogP contribution in [0.4, 0.5) is 5.69 Å². The molecule has 2 rings (SSSR count). The molecule has 0 bridgehead atoms. The molecule has 0 amide bonds. The average molecular weight is 284 g/mol. The van der Waals surface area contributed by atoms with Gasteiger partial charge in [-0.1, -0.05) is 24.3 Å². The van der Waals surface area contributed by atoms with E-state index in [0.29, 0.717) is 0 Å². The van der Waals surface area contributed by atoms with Crippen LogP contribution in [0.5, 0.6) is 5.75 Å². The Kier molecular flexibility index (Phi) is 5.23. The molecule has 1 unspecified atom stereocenters.